The molecular weight excluding hydrogens is 266 g/mol. The predicted molar refractivity (Wildman–Crippen MR) is 72.4 cm³/mol. The summed E-state index contributed by atoms with van der Waals surface area (Å²) in [5.74, 6) is -1.01. The Hall–Kier alpha value is -1.69. The molecule has 0 aliphatic heterocycles. The third-order valence-electron chi connectivity index (χ3n) is 2.51. The van der Waals surface area contributed by atoms with Crippen molar-refractivity contribution in [1.82, 2.24) is 5.32 Å². The van der Waals surface area contributed by atoms with Gasteiger partial charge in [0, 0.05) is 25.8 Å². The number of Topliss-reactive ketones (excluding diaryl/α,β-unsaturated/α-hetero) is 1. The van der Waals surface area contributed by atoms with Gasteiger partial charge in [0.05, 0.1) is 4.88 Å². The first kappa shape index (κ1) is 15.4. The van der Waals surface area contributed by atoms with Crippen molar-refractivity contribution in [1.29, 1.82) is 0 Å². The zero-order chi connectivity index (χ0) is 14.1. The second kappa shape index (κ2) is 8.42. The number of carboxylic acids is 1. The Balaban J connectivity index is 2.08. The topological polar surface area (TPSA) is 83.5 Å². The highest BCUT2D eigenvalue weighted by Gasteiger charge is 2.09. The lowest BCUT2D eigenvalue weighted by Gasteiger charge is -2.03. The van der Waals surface area contributed by atoms with Crippen LogP contribution in [0.3, 0.4) is 0 Å². The summed E-state index contributed by atoms with van der Waals surface area (Å²) < 4.78 is 0. The van der Waals surface area contributed by atoms with E-state index < -0.39 is 5.97 Å². The van der Waals surface area contributed by atoms with Crippen LogP contribution in [0.2, 0.25) is 0 Å². The van der Waals surface area contributed by atoms with Crippen molar-refractivity contribution in [3.63, 3.8) is 0 Å². The van der Waals surface area contributed by atoms with Crippen molar-refractivity contribution in [2.24, 2.45) is 0 Å². The third-order valence-corrected chi connectivity index (χ3v) is 3.43. The van der Waals surface area contributed by atoms with Gasteiger partial charge >= 0.3 is 5.97 Å². The Morgan fingerprint density at radius 1 is 1.16 bits per heavy atom. The van der Waals surface area contributed by atoms with Crippen LogP contribution < -0.4 is 5.32 Å². The van der Waals surface area contributed by atoms with E-state index in [1.807, 2.05) is 5.38 Å². The summed E-state index contributed by atoms with van der Waals surface area (Å²) in [6.07, 6.45) is 1.69. The molecule has 104 valence electrons. The van der Waals surface area contributed by atoms with Crippen molar-refractivity contribution >= 4 is 29.0 Å². The molecule has 0 aromatic carbocycles. The lowest BCUT2D eigenvalue weighted by atomic mass is 10.2. The molecule has 0 fully saturated rings. The van der Waals surface area contributed by atoms with E-state index in [0.717, 1.165) is 0 Å². The molecule has 5 nitrogen and oxygen atoms in total. The number of carbonyl (C=O) groups is 3. The quantitative estimate of drug-likeness (QED) is 0.537. The predicted octanol–water partition coefficient (Wildman–Crippen LogP) is 2.08. The molecule has 0 aliphatic rings. The summed E-state index contributed by atoms with van der Waals surface area (Å²) in [6, 6.07) is 3.55. The number of unbranched alkanes of at least 4 members (excludes halogenated alkanes) is 1. The van der Waals surface area contributed by atoms with Gasteiger partial charge in [0.25, 0.3) is 0 Å². The number of amides is 1. The number of ketones is 1. The molecule has 1 aromatic rings. The second-order valence-electron chi connectivity index (χ2n) is 4.10. The lowest BCUT2D eigenvalue weighted by Crippen LogP contribution is -2.24. The Morgan fingerprint density at radius 3 is 2.58 bits per heavy atom. The minimum atomic E-state index is -0.826. The monoisotopic (exact) mass is 283 g/mol. The fraction of sp³-hybridized carbons (Fsp3) is 0.462. The number of hydrogen-bond acceptors (Lipinski definition) is 4. The van der Waals surface area contributed by atoms with Crippen molar-refractivity contribution in [3.05, 3.63) is 22.4 Å². The number of carboxylic acid groups (broad SMARTS) is 1. The molecule has 0 spiro atoms. The molecule has 1 amide bonds. The molecular formula is C13H17NO4S. The van der Waals surface area contributed by atoms with E-state index in [9.17, 15) is 14.4 Å². The van der Waals surface area contributed by atoms with E-state index in [1.54, 1.807) is 12.1 Å². The summed E-state index contributed by atoms with van der Waals surface area (Å²) in [7, 11) is 0. The van der Waals surface area contributed by atoms with E-state index in [1.165, 1.54) is 11.3 Å². The highest BCUT2D eigenvalue weighted by Crippen LogP contribution is 2.12. The maximum atomic E-state index is 11.6. The molecule has 0 bridgehead atoms. The van der Waals surface area contributed by atoms with Crippen molar-refractivity contribution in [2.75, 3.05) is 6.54 Å². The molecule has 1 heterocycles. The molecule has 6 heteroatoms. The Bertz CT molecular complexity index is 428. The van der Waals surface area contributed by atoms with Gasteiger partial charge in [0.15, 0.2) is 5.78 Å². The summed E-state index contributed by atoms with van der Waals surface area (Å²) in [6.45, 7) is 0.458. The minimum Gasteiger partial charge on any atom is -0.481 e. The van der Waals surface area contributed by atoms with Crippen molar-refractivity contribution in [3.8, 4) is 0 Å². The smallest absolute Gasteiger partial charge is 0.303 e. The summed E-state index contributed by atoms with van der Waals surface area (Å²) in [5, 5.41) is 12.9. The zero-order valence-corrected chi connectivity index (χ0v) is 11.4. The number of carbonyl (C=O) groups excluding carboxylic acids is 2. The van der Waals surface area contributed by atoms with Crippen LogP contribution in [0.4, 0.5) is 0 Å². The Kier molecular flexibility index (Phi) is 6.81. The van der Waals surface area contributed by atoms with Crippen LogP contribution in [-0.2, 0) is 9.59 Å². The highest BCUT2D eigenvalue weighted by molar-refractivity contribution is 7.12. The number of aliphatic carboxylic acids is 1. The molecule has 2 N–H and O–H groups in total. The first-order chi connectivity index (χ1) is 9.09. The van der Waals surface area contributed by atoms with Crippen LogP contribution in [0.5, 0.6) is 0 Å². The van der Waals surface area contributed by atoms with E-state index in [2.05, 4.69) is 5.32 Å². The van der Waals surface area contributed by atoms with Gasteiger partial charge in [-0.1, -0.05) is 6.07 Å². The summed E-state index contributed by atoms with van der Waals surface area (Å²) >= 11 is 1.37. The molecule has 0 atom stereocenters. The van der Waals surface area contributed by atoms with E-state index in [-0.39, 0.29) is 31.0 Å². The molecule has 0 unspecified atom stereocenters. The van der Waals surface area contributed by atoms with E-state index >= 15 is 0 Å². The zero-order valence-electron chi connectivity index (χ0n) is 10.6. The largest absolute Gasteiger partial charge is 0.481 e. The van der Waals surface area contributed by atoms with Crippen LogP contribution in [-0.4, -0.2) is 29.3 Å². The Morgan fingerprint density at radius 2 is 1.95 bits per heavy atom. The molecule has 0 aliphatic carbocycles. The normalized spacial score (nSPS) is 10.1. The van der Waals surface area contributed by atoms with Crippen LogP contribution in [0.15, 0.2) is 17.5 Å². The highest BCUT2D eigenvalue weighted by atomic mass is 32.1. The van der Waals surface area contributed by atoms with Crippen molar-refractivity contribution < 1.29 is 19.5 Å². The molecule has 0 saturated carbocycles. The van der Waals surface area contributed by atoms with E-state index in [4.69, 9.17) is 5.11 Å². The van der Waals surface area contributed by atoms with Gasteiger partial charge in [0.2, 0.25) is 5.91 Å². The maximum Gasteiger partial charge on any atom is 0.303 e. The average molecular weight is 283 g/mol. The van der Waals surface area contributed by atoms with Crippen LogP contribution in [0.25, 0.3) is 0 Å². The third kappa shape index (κ3) is 6.71. The lowest BCUT2D eigenvalue weighted by molar-refractivity contribution is -0.137. The van der Waals surface area contributed by atoms with Crippen molar-refractivity contribution in [2.45, 2.75) is 32.1 Å². The fourth-order valence-electron chi connectivity index (χ4n) is 1.50. The number of thiophene rings is 1. The minimum absolute atomic E-state index is 0.0176. The SMILES string of the molecule is O=C(O)CCCCNC(=O)CCC(=O)c1cccs1. The van der Waals surface area contributed by atoms with Gasteiger partial charge in [-0.05, 0) is 24.3 Å². The Labute approximate surface area is 115 Å². The van der Waals surface area contributed by atoms with Crippen LogP contribution in [0, 0.1) is 0 Å². The first-order valence-electron chi connectivity index (χ1n) is 6.15. The fourth-order valence-corrected chi connectivity index (χ4v) is 2.20. The van der Waals surface area contributed by atoms with Gasteiger partial charge in [-0.15, -0.1) is 11.3 Å². The molecule has 19 heavy (non-hydrogen) atoms. The first-order valence-corrected chi connectivity index (χ1v) is 7.03. The average Bonchev–Trinajstić information content (AvgIpc) is 2.89. The number of rotatable bonds is 9. The molecule has 0 saturated heterocycles. The van der Waals surface area contributed by atoms with Gasteiger partial charge in [0.1, 0.15) is 0 Å². The van der Waals surface area contributed by atoms with E-state index in [0.29, 0.717) is 24.3 Å². The summed E-state index contributed by atoms with van der Waals surface area (Å²) in [4.78, 5) is 34.0. The number of hydrogen-bond donors (Lipinski definition) is 2. The summed E-state index contributed by atoms with van der Waals surface area (Å²) in [5.41, 5.74) is 0. The van der Waals surface area contributed by atoms with Crippen LogP contribution in [0.1, 0.15) is 41.8 Å². The molecule has 1 rings (SSSR count). The van der Waals surface area contributed by atoms with Gasteiger partial charge < -0.3 is 10.4 Å². The second-order valence-corrected chi connectivity index (χ2v) is 5.05. The standard InChI is InChI=1S/C13H17NO4S/c15-10(11-4-3-9-19-11)6-7-12(16)14-8-2-1-5-13(17)18/h3-4,9H,1-2,5-8H2,(H,14,16)(H,17,18). The van der Waals surface area contributed by atoms with Crippen LogP contribution >= 0.6 is 11.3 Å². The number of nitrogens with one attached hydrogen (secondary N) is 1. The van der Waals surface area contributed by atoms with Gasteiger partial charge in [-0.3, -0.25) is 14.4 Å². The molecule has 1 aromatic heterocycles. The van der Waals surface area contributed by atoms with Gasteiger partial charge in [-0.2, -0.15) is 0 Å². The molecule has 0 radical (unpaired) electrons. The van der Waals surface area contributed by atoms with Gasteiger partial charge in [-0.25, -0.2) is 0 Å². The maximum absolute atomic E-state index is 11.6.